The van der Waals surface area contributed by atoms with E-state index in [0.717, 1.165) is 0 Å². The Morgan fingerprint density at radius 1 is 0.900 bits per heavy atom. The van der Waals surface area contributed by atoms with E-state index < -0.39 is 5.97 Å². The Bertz CT molecular complexity index is 563. The van der Waals surface area contributed by atoms with Gasteiger partial charge in [0, 0.05) is 6.26 Å². The maximum atomic E-state index is 11.9. The summed E-state index contributed by atoms with van der Waals surface area (Å²) in [6.45, 7) is 0. The fraction of sp³-hybridized carbons (Fsp3) is 0.133. The molecule has 0 bridgehead atoms. The Labute approximate surface area is 121 Å². The van der Waals surface area contributed by atoms with Gasteiger partial charge in [0.1, 0.15) is 17.2 Å². The number of methoxy groups -OCH3 is 1. The van der Waals surface area contributed by atoms with Crippen LogP contribution in [0.1, 0.15) is 10.4 Å². The Kier molecular flexibility index (Phi) is 4.90. The third-order valence-electron chi connectivity index (χ3n) is 2.54. The van der Waals surface area contributed by atoms with Crippen molar-refractivity contribution in [2.75, 3.05) is 13.4 Å². The number of hydrogen-bond donors (Lipinski definition) is 0. The van der Waals surface area contributed by atoms with Gasteiger partial charge < -0.3 is 13.7 Å². The van der Waals surface area contributed by atoms with Crippen molar-refractivity contribution in [3.63, 3.8) is 0 Å². The SMILES string of the molecule is COc1ccc(OC(=O)c2ccc(OSC)cc2)cc1. The van der Waals surface area contributed by atoms with Gasteiger partial charge in [-0.25, -0.2) is 4.79 Å². The van der Waals surface area contributed by atoms with E-state index in [2.05, 4.69) is 0 Å². The van der Waals surface area contributed by atoms with Crippen LogP contribution in [-0.4, -0.2) is 19.3 Å². The van der Waals surface area contributed by atoms with Gasteiger partial charge in [0.25, 0.3) is 0 Å². The van der Waals surface area contributed by atoms with Crippen molar-refractivity contribution < 1.29 is 18.5 Å². The van der Waals surface area contributed by atoms with Gasteiger partial charge in [-0.3, -0.25) is 0 Å². The molecular formula is C15H14O4S. The molecule has 0 N–H and O–H groups in total. The molecule has 5 heteroatoms. The van der Waals surface area contributed by atoms with Crippen LogP contribution in [0.2, 0.25) is 0 Å². The molecular weight excluding hydrogens is 276 g/mol. The molecule has 0 saturated carbocycles. The average Bonchev–Trinajstić information content (AvgIpc) is 2.49. The first-order chi connectivity index (χ1) is 9.72. The third-order valence-corrected chi connectivity index (χ3v) is 2.90. The van der Waals surface area contributed by atoms with Crippen LogP contribution in [-0.2, 0) is 0 Å². The monoisotopic (exact) mass is 290 g/mol. The van der Waals surface area contributed by atoms with Crippen molar-refractivity contribution in [2.45, 2.75) is 0 Å². The highest BCUT2D eigenvalue weighted by atomic mass is 32.2. The molecule has 2 aromatic carbocycles. The van der Waals surface area contributed by atoms with Crippen LogP contribution in [0.4, 0.5) is 0 Å². The summed E-state index contributed by atoms with van der Waals surface area (Å²) in [5, 5.41) is 0. The van der Waals surface area contributed by atoms with Crippen molar-refractivity contribution in [3.05, 3.63) is 54.1 Å². The highest BCUT2D eigenvalue weighted by molar-refractivity contribution is 7.94. The van der Waals surface area contributed by atoms with Gasteiger partial charge in [-0.2, -0.15) is 0 Å². The van der Waals surface area contributed by atoms with Gasteiger partial charge in [-0.1, -0.05) is 0 Å². The topological polar surface area (TPSA) is 44.8 Å². The van der Waals surface area contributed by atoms with Crippen LogP contribution in [0.5, 0.6) is 17.2 Å². The lowest BCUT2D eigenvalue weighted by Crippen LogP contribution is -2.08. The minimum absolute atomic E-state index is 0.411. The molecule has 0 amide bonds. The Morgan fingerprint density at radius 2 is 1.45 bits per heavy atom. The second-order valence-electron chi connectivity index (χ2n) is 3.84. The highest BCUT2D eigenvalue weighted by Gasteiger charge is 2.08. The largest absolute Gasteiger partial charge is 0.497 e. The summed E-state index contributed by atoms with van der Waals surface area (Å²) in [6, 6.07) is 13.6. The van der Waals surface area contributed by atoms with Crippen LogP contribution in [0.3, 0.4) is 0 Å². The summed E-state index contributed by atoms with van der Waals surface area (Å²) in [5.74, 6) is 1.47. The summed E-state index contributed by atoms with van der Waals surface area (Å²) < 4.78 is 15.5. The molecule has 0 radical (unpaired) electrons. The zero-order chi connectivity index (χ0) is 14.4. The Hall–Kier alpha value is -2.14. The second kappa shape index (κ2) is 6.86. The molecule has 2 rings (SSSR count). The fourth-order valence-corrected chi connectivity index (χ4v) is 1.86. The summed E-state index contributed by atoms with van der Waals surface area (Å²) in [5.41, 5.74) is 0.467. The highest BCUT2D eigenvalue weighted by Crippen LogP contribution is 2.20. The number of esters is 1. The molecule has 0 heterocycles. The number of ether oxygens (including phenoxy) is 2. The molecule has 0 atom stereocenters. The summed E-state index contributed by atoms with van der Waals surface area (Å²) in [4.78, 5) is 11.9. The van der Waals surface area contributed by atoms with Crippen LogP contribution < -0.4 is 13.7 Å². The number of carbonyl (C=O) groups excluding carboxylic acids is 1. The lowest BCUT2D eigenvalue weighted by Gasteiger charge is -2.06. The predicted octanol–water partition coefficient (Wildman–Crippen LogP) is 3.57. The molecule has 2 aromatic rings. The first-order valence-corrected chi connectivity index (χ1v) is 7.05. The van der Waals surface area contributed by atoms with Gasteiger partial charge in [-0.05, 0) is 48.5 Å². The average molecular weight is 290 g/mol. The smallest absolute Gasteiger partial charge is 0.343 e. The number of benzene rings is 2. The summed E-state index contributed by atoms with van der Waals surface area (Å²) in [7, 11) is 1.58. The first kappa shape index (κ1) is 14.3. The van der Waals surface area contributed by atoms with E-state index in [1.54, 1.807) is 55.6 Å². The molecule has 4 nitrogen and oxygen atoms in total. The van der Waals surface area contributed by atoms with Crippen molar-refractivity contribution in [1.82, 2.24) is 0 Å². The van der Waals surface area contributed by atoms with Crippen LogP contribution in [0, 0.1) is 0 Å². The molecule has 104 valence electrons. The van der Waals surface area contributed by atoms with E-state index in [1.165, 1.54) is 12.0 Å². The van der Waals surface area contributed by atoms with Gasteiger partial charge in [0.15, 0.2) is 0 Å². The second-order valence-corrected chi connectivity index (χ2v) is 4.34. The summed E-state index contributed by atoms with van der Waals surface area (Å²) >= 11 is 1.25. The van der Waals surface area contributed by atoms with Crippen molar-refractivity contribution >= 4 is 18.0 Å². The van der Waals surface area contributed by atoms with Crippen molar-refractivity contribution in [3.8, 4) is 17.2 Å². The molecule has 0 aromatic heterocycles. The fourth-order valence-electron chi connectivity index (χ4n) is 1.55. The van der Waals surface area contributed by atoms with E-state index in [4.69, 9.17) is 13.7 Å². The normalized spacial score (nSPS) is 9.90. The van der Waals surface area contributed by atoms with E-state index in [1.807, 2.05) is 6.26 Å². The first-order valence-electron chi connectivity index (χ1n) is 5.90. The number of hydrogen-bond acceptors (Lipinski definition) is 5. The zero-order valence-corrected chi connectivity index (χ0v) is 12.0. The molecule has 0 fully saturated rings. The minimum atomic E-state index is -0.411. The lowest BCUT2D eigenvalue weighted by atomic mass is 10.2. The molecule has 0 aliphatic rings. The molecule has 0 aliphatic carbocycles. The Balaban J connectivity index is 2.03. The van der Waals surface area contributed by atoms with Crippen molar-refractivity contribution in [2.24, 2.45) is 0 Å². The maximum absolute atomic E-state index is 11.9. The standard InChI is InChI=1S/C15H14O4S/c1-17-12-7-9-13(10-8-12)18-15(16)11-3-5-14(6-4-11)19-20-2/h3-10H,1-2H3. The van der Waals surface area contributed by atoms with Gasteiger partial charge >= 0.3 is 5.97 Å². The molecule has 0 unspecified atom stereocenters. The third kappa shape index (κ3) is 3.68. The Morgan fingerprint density at radius 3 is 2.00 bits per heavy atom. The van der Waals surface area contributed by atoms with E-state index >= 15 is 0 Å². The van der Waals surface area contributed by atoms with E-state index in [-0.39, 0.29) is 0 Å². The van der Waals surface area contributed by atoms with Crippen LogP contribution >= 0.6 is 12.0 Å². The van der Waals surface area contributed by atoms with E-state index in [0.29, 0.717) is 22.8 Å². The molecule has 20 heavy (non-hydrogen) atoms. The van der Waals surface area contributed by atoms with Gasteiger partial charge in [0.2, 0.25) is 0 Å². The number of rotatable bonds is 5. The van der Waals surface area contributed by atoms with Gasteiger partial charge in [-0.15, -0.1) is 0 Å². The van der Waals surface area contributed by atoms with Crippen LogP contribution in [0.15, 0.2) is 48.5 Å². The molecule has 0 aliphatic heterocycles. The molecule has 0 spiro atoms. The van der Waals surface area contributed by atoms with Crippen LogP contribution in [0.25, 0.3) is 0 Å². The summed E-state index contributed by atoms with van der Waals surface area (Å²) in [6.07, 6.45) is 1.83. The molecule has 0 saturated heterocycles. The maximum Gasteiger partial charge on any atom is 0.343 e. The lowest BCUT2D eigenvalue weighted by molar-refractivity contribution is 0.0734. The van der Waals surface area contributed by atoms with Crippen molar-refractivity contribution in [1.29, 1.82) is 0 Å². The van der Waals surface area contributed by atoms with Gasteiger partial charge in [0.05, 0.1) is 24.7 Å². The quantitative estimate of drug-likeness (QED) is 0.478. The zero-order valence-electron chi connectivity index (χ0n) is 11.2. The predicted molar refractivity (Wildman–Crippen MR) is 78.5 cm³/mol. The number of carbonyl (C=O) groups is 1. The van der Waals surface area contributed by atoms with E-state index in [9.17, 15) is 4.79 Å². The minimum Gasteiger partial charge on any atom is -0.497 e.